The van der Waals surface area contributed by atoms with Gasteiger partial charge in [-0.15, -0.1) is 28.1 Å². The highest BCUT2D eigenvalue weighted by Crippen LogP contribution is 2.35. The molecular formula is C18H20N4O2S2. The Kier molecular flexibility index (Phi) is 5.95. The maximum atomic E-state index is 5.48. The standard InChI is InChI=1S/C18H20N4O2S2/c1-5-8-22-12(2)20-21-18(22)26-11-13-10-25-17(19-13)15-7-6-14(23-3)9-16(15)24-4/h5-7,9-10H,1,8,11H2,2-4H3. The van der Waals surface area contributed by atoms with Crippen LogP contribution in [0.2, 0.25) is 0 Å². The third-order valence-corrected chi connectivity index (χ3v) is 5.68. The summed E-state index contributed by atoms with van der Waals surface area (Å²) in [5.74, 6) is 3.12. The lowest BCUT2D eigenvalue weighted by molar-refractivity contribution is 0.395. The van der Waals surface area contributed by atoms with E-state index in [0.29, 0.717) is 6.54 Å². The molecule has 6 nitrogen and oxygen atoms in total. The van der Waals surface area contributed by atoms with E-state index >= 15 is 0 Å². The van der Waals surface area contributed by atoms with Crippen molar-refractivity contribution >= 4 is 23.1 Å². The van der Waals surface area contributed by atoms with E-state index in [1.807, 2.05) is 35.8 Å². The maximum Gasteiger partial charge on any atom is 0.191 e. The molecule has 8 heteroatoms. The summed E-state index contributed by atoms with van der Waals surface area (Å²) >= 11 is 3.22. The van der Waals surface area contributed by atoms with Crippen LogP contribution in [0.25, 0.3) is 10.6 Å². The number of hydrogen-bond donors (Lipinski definition) is 0. The number of ether oxygens (including phenoxy) is 2. The summed E-state index contributed by atoms with van der Waals surface area (Å²) in [6.45, 7) is 6.43. The van der Waals surface area contributed by atoms with Gasteiger partial charge in [0.25, 0.3) is 0 Å². The van der Waals surface area contributed by atoms with Gasteiger partial charge in [-0.1, -0.05) is 17.8 Å². The van der Waals surface area contributed by atoms with Crippen LogP contribution in [-0.2, 0) is 12.3 Å². The fourth-order valence-electron chi connectivity index (χ4n) is 2.42. The summed E-state index contributed by atoms with van der Waals surface area (Å²) in [6.07, 6.45) is 1.84. The molecule has 0 aliphatic heterocycles. The van der Waals surface area contributed by atoms with Gasteiger partial charge in [0.15, 0.2) is 5.16 Å². The predicted molar refractivity (Wildman–Crippen MR) is 105 cm³/mol. The van der Waals surface area contributed by atoms with E-state index in [2.05, 4.69) is 22.2 Å². The topological polar surface area (TPSA) is 62.1 Å². The molecule has 0 atom stereocenters. The van der Waals surface area contributed by atoms with Crippen molar-refractivity contribution in [1.29, 1.82) is 0 Å². The summed E-state index contributed by atoms with van der Waals surface area (Å²) in [5.41, 5.74) is 1.96. The fraction of sp³-hybridized carbons (Fsp3) is 0.278. The quantitative estimate of drug-likeness (QED) is 0.426. The van der Waals surface area contributed by atoms with Crippen LogP contribution in [0.4, 0.5) is 0 Å². The normalized spacial score (nSPS) is 10.7. The van der Waals surface area contributed by atoms with Crippen molar-refractivity contribution < 1.29 is 9.47 Å². The van der Waals surface area contributed by atoms with E-state index in [4.69, 9.17) is 14.5 Å². The molecule has 0 spiro atoms. The molecular weight excluding hydrogens is 368 g/mol. The molecule has 0 fully saturated rings. The first-order chi connectivity index (χ1) is 12.7. The number of thiazole rings is 1. The minimum atomic E-state index is 0.701. The monoisotopic (exact) mass is 388 g/mol. The van der Waals surface area contributed by atoms with Gasteiger partial charge in [-0.05, 0) is 19.1 Å². The molecule has 0 unspecified atom stereocenters. The van der Waals surface area contributed by atoms with Crippen LogP contribution in [0.1, 0.15) is 11.5 Å². The molecule has 136 valence electrons. The number of hydrogen-bond acceptors (Lipinski definition) is 7. The van der Waals surface area contributed by atoms with Gasteiger partial charge in [-0.25, -0.2) is 4.98 Å². The van der Waals surface area contributed by atoms with Gasteiger partial charge < -0.3 is 14.0 Å². The zero-order chi connectivity index (χ0) is 18.5. The van der Waals surface area contributed by atoms with Crippen molar-refractivity contribution in [2.24, 2.45) is 0 Å². The Hall–Kier alpha value is -2.32. The summed E-state index contributed by atoms with van der Waals surface area (Å²) in [5, 5.41) is 12.2. The van der Waals surface area contributed by atoms with Gasteiger partial charge in [0.1, 0.15) is 22.3 Å². The number of aryl methyl sites for hydroxylation is 1. The average Bonchev–Trinajstić information content (AvgIpc) is 3.27. The van der Waals surface area contributed by atoms with Crippen LogP contribution in [0.3, 0.4) is 0 Å². The largest absolute Gasteiger partial charge is 0.497 e. The van der Waals surface area contributed by atoms with Crippen molar-refractivity contribution in [3.63, 3.8) is 0 Å². The zero-order valence-corrected chi connectivity index (χ0v) is 16.6. The van der Waals surface area contributed by atoms with Crippen LogP contribution < -0.4 is 9.47 Å². The average molecular weight is 389 g/mol. The van der Waals surface area contributed by atoms with E-state index in [-0.39, 0.29) is 0 Å². The van der Waals surface area contributed by atoms with E-state index in [1.54, 1.807) is 37.3 Å². The molecule has 2 heterocycles. The van der Waals surface area contributed by atoms with Crippen molar-refractivity contribution in [2.45, 2.75) is 24.4 Å². The second-order valence-corrected chi connectivity index (χ2v) is 7.23. The lowest BCUT2D eigenvalue weighted by atomic mass is 10.2. The zero-order valence-electron chi connectivity index (χ0n) is 14.9. The summed E-state index contributed by atoms with van der Waals surface area (Å²) in [6, 6.07) is 5.75. The highest BCUT2D eigenvalue weighted by Gasteiger charge is 2.13. The highest BCUT2D eigenvalue weighted by molar-refractivity contribution is 7.98. The number of thioether (sulfide) groups is 1. The van der Waals surface area contributed by atoms with Crippen LogP contribution >= 0.6 is 23.1 Å². The number of nitrogens with zero attached hydrogens (tertiary/aromatic N) is 4. The predicted octanol–water partition coefficient (Wildman–Crippen LogP) is 4.21. The van der Waals surface area contributed by atoms with Crippen LogP contribution in [-0.4, -0.2) is 34.0 Å². The van der Waals surface area contributed by atoms with Gasteiger partial charge in [-0.3, -0.25) is 0 Å². The van der Waals surface area contributed by atoms with Gasteiger partial charge in [0.2, 0.25) is 0 Å². The summed E-state index contributed by atoms with van der Waals surface area (Å²) in [7, 11) is 3.29. The molecule has 1 aromatic carbocycles. The fourth-order valence-corrected chi connectivity index (χ4v) is 4.26. The Morgan fingerprint density at radius 1 is 1.27 bits per heavy atom. The first-order valence-electron chi connectivity index (χ1n) is 7.96. The molecule has 0 bridgehead atoms. The van der Waals surface area contributed by atoms with Gasteiger partial charge in [0, 0.05) is 23.7 Å². The second-order valence-electron chi connectivity index (χ2n) is 5.43. The molecule has 0 aliphatic rings. The number of allylic oxidation sites excluding steroid dienone is 1. The highest BCUT2D eigenvalue weighted by atomic mass is 32.2. The minimum absolute atomic E-state index is 0.701. The molecule has 26 heavy (non-hydrogen) atoms. The van der Waals surface area contributed by atoms with Crippen molar-refractivity contribution in [1.82, 2.24) is 19.7 Å². The first kappa shape index (κ1) is 18.5. The molecule has 3 rings (SSSR count). The number of benzene rings is 1. The summed E-state index contributed by atoms with van der Waals surface area (Å²) < 4.78 is 12.8. The van der Waals surface area contributed by atoms with Crippen LogP contribution in [0.15, 0.2) is 41.4 Å². The molecule has 2 aromatic heterocycles. The Labute approximate surface area is 160 Å². The lowest BCUT2D eigenvalue weighted by Gasteiger charge is -2.08. The van der Waals surface area contributed by atoms with Crippen molar-refractivity contribution in [3.8, 4) is 22.1 Å². The first-order valence-corrected chi connectivity index (χ1v) is 9.83. The Bertz CT molecular complexity index is 904. The van der Waals surface area contributed by atoms with Gasteiger partial charge in [-0.2, -0.15) is 0 Å². The molecule has 0 N–H and O–H groups in total. The molecule has 0 saturated carbocycles. The van der Waals surface area contributed by atoms with E-state index < -0.39 is 0 Å². The van der Waals surface area contributed by atoms with Crippen molar-refractivity contribution in [3.05, 3.63) is 47.8 Å². The minimum Gasteiger partial charge on any atom is -0.497 e. The van der Waals surface area contributed by atoms with Gasteiger partial charge >= 0.3 is 0 Å². The molecule has 3 aromatic rings. The van der Waals surface area contributed by atoms with E-state index in [1.165, 1.54) is 0 Å². The Balaban J connectivity index is 1.76. The summed E-state index contributed by atoms with van der Waals surface area (Å²) in [4.78, 5) is 4.74. The van der Waals surface area contributed by atoms with Crippen LogP contribution in [0, 0.1) is 6.92 Å². The SMILES string of the molecule is C=CCn1c(C)nnc1SCc1csc(-c2ccc(OC)cc2OC)n1. The maximum absolute atomic E-state index is 5.48. The smallest absolute Gasteiger partial charge is 0.191 e. The van der Waals surface area contributed by atoms with Crippen LogP contribution in [0.5, 0.6) is 11.5 Å². The Morgan fingerprint density at radius 2 is 2.12 bits per heavy atom. The molecule has 0 amide bonds. The Morgan fingerprint density at radius 3 is 2.85 bits per heavy atom. The number of aromatic nitrogens is 4. The molecule has 0 saturated heterocycles. The van der Waals surface area contributed by atoms with Crippen molar-refractivity contribution in [2.75, 3.05) is 14.2 Å². The van der Waals surface area contributed by atoms with Gasteiger partial charge in [0.05, 0.1) is 25.5 Å². The van der Waals surface area contributed by atoms with E-state index in [9.17, 15) is 0 Å². The third kappa shape index (κ3) is 3.91. The number of rotatable bonds is 8. The third-order valence-electron chi connectivity index (χ3n) is 3.75. The lowest BCUT2D eigenvalue weighted by Crippen LogP contribution is -2.00. The van der Waals surface area contributed by atoms with E-state index in [0.717, 1.165) is 44.5 Å². The number of methoxy groups -OCH3 is 2. The molecule has 0 aliphatic carbocycles. The second kappa shape index (κ2) is 8.37. The molecule has 0 radical (unpaired) electrons.